The van der Waals surface area contributed by atoms with Crippen LogP contribution in [-0.2, 0) is 11.2 Å². The second kappa shape index (κ2) is 9.14. The van der Waals surface area contributed by atoms with Gasteiger partial charge in [0.25, 0.3) is 0 Å². The van der Waals surface area contributed by atoms with Gasteiger partial charge in [-0.1, -0.05) is 30.3 Å². The summed E-state index contributed by atoms with van der Waals surface area (Å²) in [6, 6.07) is 12.0. The average Bonchev–Trinajstić information content (AvgIpc) is 3.10. The molecule has 1 atom stereocenters. The van der Waals surface area contributed by atoms with Gasteiger partial charge < -0.3 is 25.5 Å². The van der Waals surface area contributed by atoms with Crippen molar-refractivity contribution in [3.8, 4) is 5.75 Å². The highest BCUT2D eigenvalue weighted by Gasteiger charge is 2.21. The first-order valence-corrected chi connectivity index (χ1v) is 9.46. The Bertz CT molecular complexity index is 1010. The number of carboxylic acids is 1. The van der Waals surface area contributed by atoms with Crippen LogP contribution in [0.4, 0.5) is 4.79 Å². The second-order valence-corrected chi connectivity index (χ2v) is 6.97. The maximum absolute atomic E-state index is 12.1. The molecule has 0 aliphatic carbocycles. The average molecular weight is 395 g/mol. The number of rotatable bonds is 8. The molecule has 0 spiro atoms. The van der Waals surface area contributed by atoms with Gasteiger partial charge in [-0.3, -0.25) is 0 Å². The lowest BCUT2D eigenvalue weighted by Gasteiger charge is -2.15. The minimum atomic E-state index is -1.09. The third-order valence-electron chi connectivity index (χ3n) is 4.69. The number of aromatic nitrogens is 1. The third kappa shape index (κ3) is 5.28. The van der Waals surface area contributed by atoms with Gasteiger partial charge >= 0.3 is 12.0 Å². The smallest absolute Gasteiger partial charge is 0.326 e. The molecule has 0 saturated carbocycles. The van der Waals surface area contributed by atoms with Crippen molar-refractivity contribution in [1.82, 2.24) is 15.6 Å². The summed E-state index contributed by atoms with van der Waals surface area (Å²) >= 11 is 0. The fourth-order valence-corrected chi connectivity index (χ4v) is 3.12. The van der Waals surface area contributed by atoms with Crippen molar-refractivity contribution >= 4 is 22.9 Å². The number of urea groups is 1. The van der Waals surface area contributed by atoms with E-state index in [2.05, 4.69) is 15.6 Å². The van der Waals surface area contributed by atoms with Crippen LogP contribution in [0.2, 0.25) is 0 Å². The first-order chi connectivity index (χ1) is 13.9. The minimum absolute atomic E-state index is 0.186. The van der Waals surface area contributed by atoms with Crippen LogP contribution in [0, 0.1) is 13.8 Å². The number of hydrogen-bond donors (Lipinski definition) is 4. The predicted molar refractivity (Wildman–Crippen MR) is 111 cm³/mol. The van der Waals surface area contributed by atoms with Gasteiger partial charge in [-0.25, -0.2) is 9.59 Å². The first-order valence-electron chi connectivity index (χ1n) is 9.46. The number of fused-ring (bicyclic) bond motifs is 1. The number of aromatic amines is 1. The van der Waals surface area contributed by atoms with Crippen molar-refractivity contribution in [2.75, 3.05) is 13.2 Å². The van der Waals surface area contributed by atoms with Crippen molar-refractivity contribution in [3.63, 3.8) is 0 Å². The van der Waals surface area contributed by atoms with E-state index in [0.29, 0.717) is 0 Å². The first kappa shape index (κ1) is 20.3. The molecule has 152 valence electrons. The summed E-state index contributed by atoms with van der Waals surface area (Å²) in [5.74, 6) is -0.313. The van der Waals surface area contributed by atoms with Crippen LogP contribution in [0.15, 0.2) is 48.7 Å². The molecule has 1 unspecified atom stereocenters. The largest absolute Gasteiger partial charge is 0.491 e. The van der Waals surface area contributed by atoms with E-state index in [9.17, 15) is 14.7 Å². The summed E-state index contributed by atoms with van der Waals surface area (Å²) in [6.45, 7) is 4.49. The summed E-state index contributed by atoms with van der Waals surface area (Å²) in [5, 5.41) is 15.6. The monoisotopic (exact) mass is 395 g/mol. The van der Waals surface area contributed by atoms with Crippen LogP contribution >= 0.6 is 0 Å². The van der Waals surface area contributed by atoms with Crippen LogP contribution in [0.1, 0.15) is 16.7 Å². The van der Waals surface area contributed by atoms with Crippen molar-refractivity contribution in [3.05, 3.63) is 65.4 Å². The van der Waals surface area contributed by atoms with Gasteiger partial charge in [-0.2, -0.15) is 0 Å². The number of para-hydroxylation sites is 1. The molecule has 1 heterocycles. The third-order valence-corrected chi connectivity index (χ3v) is 4.69. The minimum Gasteiger partial charge on any atom is -0.491 e. The number of carbonyl (C=O) groups excluding carboxylic acids is 1. The molecule has 1 aromatic heterocycles. The number of H-pyrrole nitrogens is 1. The summed E-state index contributed by atoms with van der Waals surface area (Å²) < 4.78 is 5.69. The number of carbonyl (C=O) groups is 2. The van der Waals surface area contributed by atoms with Crippen molar-refractivity contribution in [2.45, 2.75) is 26.3 Å². The van der Waals surface area contributed by atoms with E-state index >= 15 is 0 Å². The molecule has 0 fully saturated rings. The molecule has 2 aromatic carbocycles. The topological polar surface area (TPSA) is 103 Å². The molecular formula is C22H25N3O4. The number of carboxylic acid groups (broad SMARTS) is 1. The van der Waals surface area contributed by atoms with Crippen molar-refractivity contribution in [2.24, 2.45) is 0 Å². The number of amides is 2. The predicted octanol–water partition coefficient (Wildman–Crippen LogP) is 3.16. The summed E-state index contributed by atoms with van der Waals surface area (Å²) in [7, 11) is 0. The Morgan fingerprint density at radius 1 is 1.17 bits per heavy atom. The Hall–Kier alpha value is -3.48. The zero-order chi connectivity index (χ0) is 20.8. The molecule has 3 rings (SSSR count). The summed E-state index contributed by atoms with van der Waals surface area (Å²) in [6.07, 6.45) is 1.96. The van der Waals surface area contributed by atoms with Crippen LogP contribution in [0.25, 0.3) is 10.9 Å². The van der Waals surface area contributed by atoms with Crippen LogP contribution < -0.4 is 15.4 Å². The zero-order valence-corrected chi connectivity index (χ0v) is 16.5. The lowest BCUT2D eigenvalue weighted by molar-refractivity contribution is -0.139. The van der Waals surface area contributed by atoms with E-state index in [0.717, 1.165) is 33.3 Å². The Morgan fingerprint density at radius 2 is 1.97 bits per heavy atom. The molecule has 0 saturated heterocycles. The molecule has 0 aliphatic heterocycles. The second-order valence-electron chi connectivity index (χ2n) is 6.97. The normalized spacial score (nSPS) is 11.8. The molecule has 0 radical (unpaired) electrons. The SMILES string of the molecule is Cc1ccc(C)c(OCCNC(=O)NC(Cc2c[nH]c3ccccc23)C(=O)O)c1. The molecule has 7 nitrogen and oxygen atoms in total. The van der Waals surface area contributed by atoms with Gasteiger partial charge in [-0.15, -0.1) is 0 Å². The maximum atomic E-state index is 12.1. The molecule has 7 heteroatoms. The van der Waals surface area contributed by atoms with Gasteiger partial charge in [-0.05, 0) is 42.7 Å². The van der Waals surface area contributed by atoms with Gasteiger partial charge in [0, 0.05) is 23.5 Å². The van der Waals surface area contributed by atoms with Gasteiger partial charge in [0.2, 0.25) is 0 Å². The highest BCUT2D eigenvalue weighted by atomic mass is 16.5. The van der Waals surface area contributed by atoms with Crippen LogP contribution in [0.5, 0.6) is 5.75 Å². The molecule has 29 heavy (non-hydrogen) atoms. The van der Waals surface area contributed by atoms with Gasteiger partial charge in [0.05, 0.1) is 6.54 Å². The van der Waals surface area contributed by atoms with E-state index < -0.39 is 18.0 Å². The number of benzene rings is 2. The van der Waals surface area contributed by atoms with E-state index in [-0.39, 0.29) is 19.6 Å². The fourth-order valence-electron chi connectivity index (χ4n) is 3.12. The van der Waals surface area contributed by atoms with Gasteiger partial charge in [0.1, 0.15) is 18.4 Å². The number of aliphatic carboxylic acids is 1. The zero-order valence-electron chi connectivity index (χ0n) is 16.5. The van der Waals surface area contributed by atoms with Gasteiger partial charge in [0.15, 0.2) is 0 Å². The van der Waals surface area contributed by atoms with Crippen molar-refractivity contribution < 1.29 is 19.4 Å². The number of aryl methyl sites for hydroxylation is 2. The summed E-state index contributed by atoms with van der Waals surface area (Å²) in [4.78, 5) is 26.9. The number of hydrogen-bond acceptors (Lipinski definition) is 3. The number of ether oxygens (including phenoxy) is 1. The van der Waals surface area contributed by atoms with E-state index in [4.69, 9.17) is 4.74 Å². The summed E-state index contributed by atoms with van der Waals surface area (Å²) in [5.41, 5.74) is 3.88. The number of nitrogens with one attached hydrogen (secondary N) is 3. The lowest BCUT2D eigenvalue weighted by atomic mass is 10.1. The molecular weight excluding hydrogens is 370 g/mol. The molecule has 3 aromatic rings. The Kier molecular flexibility index (Phi) is 6.39. The van der Waals surface area contributed by atoms with E-state index in [1.807, 2.05) is 56.3 Å². The Balaban J connectivity index is 1.51. The lowest BCUT2D eigenvalue weighted by Crippen LogP contribution is -2.47. The highest BCUT2D eigenvalue weighted by Crippen LogP contribution is 2.20. The van der Waals surface area contributed by atoms with E-state index in [1.165, 1.54) is 0 Å². The molecule has 2 amide bonds. The van der Waals surface area contributed by atoms with Crippen molar-refractivity contribution in [1.29, 1.82) is 0 Å². The fraction of sp³-hybridized carbons (Fsp3) is 0.273. The van der Waals surface area contributed by atoms with Crippen LogP contribution in [0.3, 0.4) is 0 Å². The van der Waals surface area contributed by atoms with E-state index in [1.54, 1.807) is 6.20 Å². The standard InChI is InChI=1S/C22H25N3O4/c1-14-7-8-15(2)20(11-14)29-10-9-23-22(28)25-19(21(26)27)12-16-13-24-18-6-4-3-5-17(16)18/h3-8,11,13,19,24H,9-10,12H2,1-2H3,(H,26,27)(H2,23,25,28). The molecule has 0 bridgehead atoms. The molecule has 4 N–H and O–H groups in total. The van der Waals surface area contributed by atoms with Crippen LogP contribution in [-0.4, -0.2) is 41.3 Å². The Morgan fingerprint density at radius 3 is 2.76 bits per heavy atom. The Labute approximate surface area is 169 Å². The maximum Gasteiger partial charge on any atom is 0.326 e. The quantitative estimate of drug-likeness (QED) is 0.440. The molecule has 0 aliphatic rings. The highest BCUT2D eigenvalue weighted by molar-refractivity contribution is 5.86.